The van der Waals surface area contributed by atoms with E-state index >= 15 is 0 Å². The Kier molecular flexibility index (Phi) is 6.54. The van der Waals surface area contributed by atoms with E-state index in [2.05, 4.69) is 15.6 Å². The molecule has 3 N–H and O–H groups in total. The fourth-order valence-electron chi connectivity index (χ4n) is 3.40. The van der Waals surface area contributed by atoms with Crippen molar-refractivity contribution in [1.29, 1.82) is 0 Å². The molecule has 34 heavy (non-hydrogen) atoms. The number of carbonyl (C=O) groups is 3. The van der Waals surface area contributed by atoms with Crippen molar-refractivity contribution in [3.05, 3.63) is 101 Å². The molecule has 0 radical (unpaired) electrons. The molecular weight excluding hydrogens is 436 g/mol. The highest BCUT2D eigenvalue weighted by Crippen LogP contribution is 2.13. The van der Waals surface area contributed by atoms with Gasteiger partial charge in [0.15, 0.2) is 0 Å². The number of imidazole rings is 1. The Bertz CT molecular complexity index is 1360. The molecule has 2 aromatic carbocycles. The van der Waals surface area contributed by atoms with Crippen LogP contribution in [0.25, 0.3) is 5.65 Å². The zero-order valence-corrected chi connectivity index (χ0v) is 18.3. The molecule has 2 aromatic heterocycles. The molecule has 0 aliphatic carbocycles. The molecule has 0 aliphatic heterocycles. The minimum absolute atomic E-state index is 0.176. The van der Waals surface area contributed by atoms with Crippen molar-refractivity contribution < 1.29 is 24.2 Å². The summed E-state index contributed by atoms with van der Waals surface area (Å²) in [7, 11) is 1.58. The van der Waals surface area contributed by atoms with Crippen molar-refractivity contribution in [3.8, 4) is 5.75 Å². The summed E-state index contributed by atoms with van der Waals surface area (Å²) >= 11 is 0. The van der Waals surface area contributed by atoms with Crippen LogP contribution in [0.1, 0.15) is 42.5 Å². The van der Waals surface area contributed by atoms with Gasteiger partial charge in [-0.25, -0.2) is 9.78 Å². The molecule has 0 spiro atoms. The van der Waals surface area contributed by atoms with Crippen LogP contribution in [-0.4, -0.2) is 39.4 Å². The zero-order valence-electron chi connectivity index (χ0n) is 18.3. The lowest BCUT2D eigenvalue weighted by Crippen LogP contribution is -2.25. The number of carboxylic acids is 1. The number of methoxy groups -OCH3 is 1. The van der Waals surface area contributed by atoms with E-state index in [4.69, 9.17) is 9.84 Å². The predicted octanol–water partition coefficient (Wildman–Crippen LogP) is 2.90. The number of nitrogens with one attached hydrogen (secondary N) is 2. The Balaban J connectivity index is 1.44. The van der Waals surface area contributed by atoms with Gasteiger partial charge >= 0.3 is 5.97 Å². The van der Waals surface area contributed by atoms with Crippen LogP contribution in [0.5, 0.6) is 5.75 Å². The summed E-state index contributed by atoms with van der Waals surface area (Å²) in [6.07, 6.45) is 1.52. The molecule has 0 saturated heterocycles. The molecule has 4 rings (SSSR count). The van der Waals surface area contributed by atoms with E-state index in [1.54, 1.807) is 41.8 Å². The molecule has 0 aliphatic rings. The first-order chi connectivity index (χ1) is 16.4. The summed E-state index contributed by atoms with van der Waals surface area (Å²) in [4.78, 5) is 40.7. The highest BCUT2D eigenvalue weighted by atomic mass is 16.5. The highest BCUT2D eigenvalue weighted by Gasteiger charge is 2.15. The number of amides is 2. The van der Waals surface area contributed by atoms with Gasteiger partial charge in [-0.15, -0.1) is 0 Å². The quantitative estimate of drug-likeness (QED) is 0.373. The average molecular weight is 458 g/mol. The molecule has 0 bridgehead atoms. The van der Waals surface area contributed by atoms with Crippen molar-refractivity contribution in [1.82, 2.24) is 20.0 Å². The van der Waals surface area contributed by atoms with Crippen LogP contribution in [0.3, 0.4) is 0 Å². The number of aromatic carboxylic acids is 1. The van der Waals surface area contributed by atoms with E-state index in [0.29, 0.717) is 23.6 Å². The number of aromatic nitrogens is 2. The molecule has 0 atom stereocenters. The third-order valence-electron chi connectivity index (χ3n) is 5.20. The van der Waals surface area contributed by atoms with E-state index in [0.717, 1.165) is 11.1 Å². The number of fused-ring (bicyclic) bond motifs is 1. The summed E-state index contributed by atoms with van der Waals surface area (Å²) < 4.78 is 6.75. The van der Waals surface area contributed by atoms with Crippen LogP contribution < -0.4 is 15.4 Å². The first-order valence-electron chi connectivity index (χ1n) is 10.4. The van der Waals surface area contributed by atoms with Gasteiger partial charge in [0.2, 0.25) is 0 Å². The van der Waals surface area contributed by atoms with Gasteiger partial charge in [0.25, 0.3) is 11.8 Å². The number of hydrogen-bond acceptors (Lipinski definition) is 5. The van der Waals surface area contributed by atoms with E-state index in [1.165, 1.54) is 18.3 Å². The SMILES string of the molecule is COc1cccc(CNC(=O)c2cn3c(C(=O)NCc4ccc(C(=O)O)cc4)cccc3n2)c1. The van der Waals surface area contributed by atoms with Gasteiger partial charge in [0.1, 0.15) is 22.8 Å². The number of carbonyl (C=O) groups excluding carboxylic acids is 2. The van der Waals surface area contributed by atoms with Crippen LogP contribution in [0, 0.1) is 0 Å². The number of nitrogens with zero attached hydrogens (tertiary/aromatic N) is 2. The van der Waals surface area contributed by atoms with Crippen LogP contribution in [0.15, 0.2) is 72.9 Å². The van der Waals surface area contributed by atoms with Gasteiger partial charge in [-0.1, -0.05) is 30.3 Å². The van der Waals surface area contributed by atoms with Gasteiger partial charge in [-0.2, -0.15) is 0 Å². The topological polar surface area (TPSA) is 122 Å². The molecule has 9 heteroatoms. The molecule has 0 saturated carbocycles. The number of ether oxygens (including phenoxy) is 1. The van der Waals surface area contributed by atoms with Crippen molar-refractivity contribution >= 4 is 23.4 Å². The van der Waals surface area contributed by atoms with Gasteiger partial charge in [0, 0.05) is 19.3 Å². The summed E-state index contributed by atoms with van der Waals surface area (Å²) in [6, 6.07) is 18.7. The lowest BCUT2D eigenvalue weighted by atomic mass is 10.1. The Hall–Kier alpha value is -4.66. The predicted molar refractivity (Wildman–Crippen MR) is 124 cm³/mol. The Morgan fingerprint density at radius 2 is 1.62 bits per heavy atom. The smallest absolute Gasteiger partial charge is 0.335 e. The summed E-state index contributed by atoms with van der Waals surface area (Å²) in [5, 5.41) is 14.6. The third kappa shape index (κ3) is 5.04. The zero-order chi connectivity index (χ0) is 24.1. The van der Waals surface area contributed by atoms with E-state index in [-0.39, 0.29) is 29.6 Å². The van der Waals surface area contributed by atoms with Gasteiger partial charge in [-0.3, -0.25) is 14.0 Å². The fourth-order valence-corrected chi connectivity index (χ4v) is 3.40. The van der Waals surface area contributed by atoms with Gasteiger partial charge in [0.05, 0.1) is 12.7 Å². The standard InChI is InChI=1S/C25H22N4O5/c1-34-19-5-2-4-17(12-19)14-26-23(30)20-15-29-21(6-3-7-22(29)28-20)24(31)27-13-16-8-10-18(11-9-16)25(32)33/h2-12,15H,13-14H2,1H3,(H,26,30)(H,27,31)(H,32,33). The molecular formula is C25H22N4O5. The highest BCUT2D eigenvalue weighted by molar-refractivity contribution is 5.95. The maximum atomic E-state index is 12.8. The lowest BCUT2D eigenvalue weighted by Gasteiger charge is -2.08. The Morgan fingerprint density at radius 1 is 0.912 bits per heavy atom. The molecule has 2 amide bonds. The molecule has 0 fully saturated rings. The minimum Gasteiger partial charge on any atom is -0.497 e. The monoisotopic (exact) mass is 458 g/mol. The van der Waals surface area contributed by atoms with Crippen LogP contribution in [0.2, 0.25) is 0 Å². The van der Waals surface area contributed by atoms with Crippen molar-refractivity contribution in [2.24, 2.45) is 0 Å². The molecule has 0 unspecified atom stereocenters. The first kappa shape index (κ1) is 22.5. The average Bonchev–Trinajstić information content (AvgIpc) is 3.31. The number of pyridine rings is 1. The van der Waals surface area contributed by atoms with E-state index in [1.807, 2.05) is 24.3 Å². The largest absolute Gasteiger partial charge is 0.497 e. The fraction of sp³-hybridized carbons (Fsp3) is 0.120. The number of hydrogen-bond donors (Lipinski definition) is 3. The third-order valence-corrected chi connectivity index (χ3v) is 5.20. The molecule has 172 valence electrons. The van der Waals surface area contributed by atoms with Gasteiger partial charge < -0.3 is 20.5 Å². The normalized spacial score (nSPS) is 10.6. The summed E-state index contributed by atoms with van der Waals surface area (Å²) in [5.74, 6) is -1.02. The first-order valence-corrected chi connectivity index (χ1v) is 10.4. The van der Waals surface area contributed by atoms with Crippen LogP contribution in [-0.2, 0) is 13.1 Å². The number of rotatable bonds is 8. The van der Waals surface area contributed by atoms with Crippen LogP contribution in [0.4, 0.5) is 0 Å². The second kappa shape index (κ2) is 9.86. The number of carboxylic acid groups (broad SMARTS) is 1. The molecule has 4 aromatic rings. The molecule has 2 heterocycles. The second-order valence-electron chi connectivity index (χ2n) is 7.48. The van der Waals surface area contributed by atoms with E-state index in [9.17, 15) is 14.4 Å². The maximum Gasteiger partial charge on any atom is 0.335 e. The Morgan fingerprint density at radius 3 is 2.35 bits per heavy atom. The summed E-state index contributed by atoms with van der Waals surface area (Å²) in [6.45, 7) is 0.523. The van der Waals surface area contributed by atoms with Gasteiger partial charge in [-0.05, 0) is 47.5 Å². The van der Waals surface area contributed by atoms with E-state index < -0.39 is 5.97 Å². The minimum atomic E-state index is -1.01. The van der Waals surface area contributed by atoms with Crippen LogP contribution >= 0.6 is 0 Å². The lowest BCUT2D eigenvalue weighted by molar-refractivity contribution is 0.0696. The van der Waals surface area contributed by atoms with Crippen molar-refractivity contribution in [2.45, 2.75) is 13.1 Å². The maximum absolute atomic E-state index is 12.8. The molecule has 9 nitrogen and oxygen atoms in total. The second-order valence-corrected chi connectivity index (χ2v) is 7.48. The van der Waals surface area contributed by atoms with Crippen molar-refractivity contribution in [3.63, 3.8) is 0 Å². The summed E-state index contributed by atoms with van der Waals surface area (Å²) in [5.41, 5.74) is 2.79. The van der Waals surface area contributed by atoms with Crippen molar-refractivity contribution in [2.75, 3.05) is 7.11 Å². The Labute approximate surface area is 195 Å². The number of benzene rings is 2.